The van der Waals surface area contributed by atoms with Crippen LogP contribution >= 0.6 is 0 Å². The monoisotopic (exact) mass is 158 g/mol. The first-order chi connectivity index (χ1) is 4.88. The van der Waals surface area contributed by atoms with Crippen LogP contribution in [0.15, 0.2) is 0 Å². The Labute approximate surface area is 68.9 Å². The second-order valence-electron chi connectivity index (χ2n) is 3.85. The smallest absolute Gasteiger partial charge is 0.305 e. The van der Waals surface area contributed by atoms with Gasteiger partial charge in [0.25, 0.3) is 0 Å². The maximum Gasteiger partial charge on any atom is 0.305 e. The van der Waals surface area contributed by atoms with E-state index >= 15 is 0 Å². The van der Waals surface area contributed by atoms with Crippen LogP contribution in [-0.2, 0) is 9.53 Å². The minimum atomic E-state index is -0.118. The average molecular weight is 158 g/mol. The lowest BCUT2D eigenvalue weighted by Gasteiger charge is -2.26. The Morgan fingerprint density at radius 1 is 1.45 bits per heavy atom. The molecule has 1 atom stereocenters. The van der Waals surface area contributed by atoms with Crippen molar-refractivity contribution in [1.29, 1.82) is 0 Å². The molecular weight excluding hydrogens is 140 g/mol. The number of hydrogen-bond acceptors (Lipinski definition) is 2. The van der Waals surface area contributed by atoms with Gasteiger partial charge in [0, 0.05) is 6.42 Å². The van der Waals surface area contributed by atoms with Crippen LogP contribution < -0.4 is 0 Å². The molecule has 0 spiro atoms. The molecule has 0 aliphatic carbocycles. The Morgan fingerprint density at radius 2 is 1.91 bits per heavy atom. The Hall–Kier alpha value is -0.530. The molecule has 0 aliphatic rings. The summed E-state index contributed by atoms with van der Waals surface area (Å²) < 4.78 is 5.12. The summed E-state index contributed by atoms with van der Waals surface area (Å²) >= 11 is 0. The summed E-state index contributed by atoms with van der Waals surface area (Å²) in [6, 6.07) is 0. The second kappa shape index (κ2) is 3.74. The number of rotatable bonds is 2. The normalized spacial score (nSPS) is 14.3. The fourth-order valence-corrected chi connectivity index (χ4v) is 0.457. The van der Waals surface area contributed by atoms with Gasteiger partial charge < -0.3 is 4.74 Å². The number of ether oxygens (including phenoxy) is 1. The minimum absolute atomic E-state index is 0.00468. The zero-order valence-electron chi connectivity index (χ0n) is 8.10. The van der Waals surface area contributed by atoms with Gasteiger partial charge in [-0.15, -0.1) is 0 Å². The van der Waals surface area contributed by atoms with Crippen molar-refractivity contribution in [1.82, 2.24) is 0 Å². The third kappa shape index (κ3) is 4.02. The summed E-state index contributed by atoms with van der Waals surface area (Å²) in [5, 5.41) is 0. The molecule has 0 radical (unpaired) electrons. The molecule has 11 heavy (non-hydrogen) atoms. The van der Waals surface area contributed by atoms with Crippen LogP contribution in [0.5, 0.6) is 0 Å². The molecule has 0 aliphatic heterocycles. The third-order valence-corrected chi connectivity index (χ3v) is 1.82. The van der Waals surface area contributed by atoms with E-state index < -0.39 is 0 Å². The predicted octanol–water partition coefficient (Wildman–Crippen LogP) is 2.37. The van der Waals surface area contributed by atoms with E-state index in [1.165, 1.54) is 0 Å². The van der Waals surface area contributed by atoms with Crippen LogP contribution in [0.25, 0.3) is 0 Å². The van der Waals surface area contributed by atoms with Crippen molar-refractivity contribution in [3.63, 3.8) is 0 Å². The summed E-state index contributed by atoms with van der Waals surface area (Å²) in [6.45, 7) is 9.90. The van der Waals surface area contributed by atoms with Gasteiger partial charge in [0.05, 0.1) is 0 Å². The highest BCUT2D eigenvalue weighted by atomic mass is 16.5. The van der Waals surface area contributed by atoms with E-state index in [1.54, 1.807) is 6.92 Å². The van der Waals surface area contributed by atoms with Gasteiger partial charge >= 0.3 is 5.97 Å². The largest absolute Gasteiger partial charge is 0.462 e. The average Bonchev–Trinajstić information content (AvgIpc) is 1.85. The van der Waals surface area contributed by atoms with Crippen molar-refractivity contribution in [2.45, 2.75) is 47.1 Å². The second-order valence-corrected chi connectivity index (χ2v) is 3.85. The number of esters is 1. The van der Waals surface area contributed by atoms with E-state index in [-0.39, 0.29) is 17.5 Å². The molecule has 2 nitrogen and oxygen atoms in total. The highest BCUT2D eigenvalue weighted by molar-refractivity contribution is 5.69. The summed E-state index contributed by atoms with van der Waals surface area (Å²) in [7, 11) is 0. The molecule has 0 fully saturated rings. The molecule has 0 saturated carbocycles. The topological polar surface area (TPSA) is 26.3 Å². The Bertz CT molecular complexity index is 133. The quantitative estimate of drug-likeness (QED) is 0.577. The van der Waals surface area contributed by atoms with Crippen molar-refractivity contribution in [2.24, 2.45) is 5.41 Å². The van der Waals surface area contributed by atoms with Gasteiger partial charge in [0.15, 0.2) is 0 Å². The SMILES string of the molecule is CCC(=O)O[C@H](C)C(C)(C)C. The molecule has 0 N–H and O–H groups in total. The van der Waals surface area contributed by atoms with Crippen LogP contribution in [0.2, 0.25) is 0 Å². The third-order valence-electron chi connectivity index (χ3n) is 1.82. The number of carbonyl (C=O) groups excluding carboxylic acids is 1. The first kappa shape index (κ1) is 10.5. The Balaban J connectivity index is 3.87. The highest BCUT2D eigenvalue weighted by Crippen LogP contribution is 2.21. The first-order valence-electron chi connectivity index (χ1n) is 4.07. The van der Waals surface area contributed by atoms with Crippen molar-refractivity contribution >= 4 is 5.97 Å². The van der Waals surface area contributed by atoms with Gasteiger partial charge in [-0.25, -0.2) is 0 Å². The van der Waals surface area contributed by atoms with E-state index in [0.717, 1.165) is 0 Å². The lowest BCUT2D eigenvalue weighted by atomic mass is 9.90. The molecule has 0 unspecified atom stereocenters. The highest BCUT2D eigenvalue weighted by Gasteiger charge is 2.22. The standard InChI is InChI=1S/C9H18O2/c1-6-8(10)11-7(2)9(3,4)5/h7H,6H2,1-5H3/t7-/m1/s1. The van der Waals surface area contributed by atoms with Crippen LogP contribution in [-0.4, -0.2) is 12.1 Å². The lowest BCUT2D eigenvalue weighted by molar-refractivity contribution is -0.152. The fraction of sp³-hybridized carbons (Fsp3) is 0.889. The van der Waals surface area contributed by atoms with Gasteiger partial charge in [-0.05, 0) is 12.3 Å². The summed E-state index contributed by atoms with van der Waals surface area (Å²) in [6.07, 6.45) is 0.454. The van der Waals surface area contributed by atoms with Crippen molar-refractivity contribution in [2.75, 3.05) is 0 Å². The molecular formula is C9H18O2. The molecule has 0 aromatic heterocycles. The summed E-state index contributed by atoms with van der Waals surface area (Å²) in [4.78, 5) is 10.8. The van der Waals surface area contributed by atoms with E-state index in [0.29, 0.717) is 6.42 Å². The first-order valence-corrected chi connectivity index (χ1v) is 4.07. The van der Waals surface area contributed by atoms with Crippen LogP contribution in [0, 0.1) is 5.41 Å². The minimum Gasteiger partial charge on any atom is -0.462 e. The summed E-state index contributed by atoms with van der Waals surface area (Å²) in [5.41, 5.74) is 0.0465. The molecule has 0 saturated heterocycles. The predicted molar refractivity (Wildman–Crippen MR) is 45.3 cm³/mol. The number of hydrogen-bond donors (Lipinski definition) is 0. The molecule has 0 aromatic carbocycles. The molecule has 0 heterocycles. The van der Waals surface area contributed by atoms with Gasteiger partial charge in [-0.2, -0.15) is 0 Å². The zero-order chi connectivity index (χ0) is 9.07. The van der Waals surface area contributed by atoms with Crippen molar-refractivity contribution < 1.29 is 9.53 Å². The van der Waals surface area contributed by atoms with Gasteiger partial charge in [0.1, 0.15) is 6.10 Å². The Kier molecular flexibility index (Phi) is 3.56. The number of carbonyl (C=O) groups is 1. The van der Waals surface area contributed by atoms with Gasteiger partial charge in [-0.3, -0.25) is 4.79 Å². The molecule has 0 aromatic rings. The fourth-order valence-electron chi connectivity index (χ4n) is 0.457. The van der Waals surface area contributed by atoms with E-state index in [1.807, 2.05) is 6.92 Å². The lowest BCUT2D eigenvalue weighted by Crippen LogP contribution is -2.28. The zero-order valence-corrected chi connectivity index (χ0v) is 8.10. The maximum atomic E-state index is 10.8. The van der Waals surface area contributed by atoms with E-state index in [4.69, 9.17) is 4.74 Å². The molecule has 0 amide bonds. The molecule has 66 valence electrons. The van der Waals surface area contributed by atoms with Crippen LogP contribution in [0.1, 0.15) is 41.0 Å². The van der Waals surface area contributed by atoms with E-state index in [2.05, 4.69) is 20.8 Å². The summed E-state index contributed by atoms with van der Waals surface area (Å²) in [5.74, 6) is -0.118. The molecule has 0 bridgehead atoms. The van der Waals surface area contributed by atoms with Crippen molar-refractivity contribution in [3.05, 3.63) is 0 Å². The Morgan fingerprint density at radius 3 is 2.18 bits per heavy atom. The maximum absolute atomic E-state index is 10.8. The van der Waals surface area contributed by atoms with Crippen LogP contribution in [0.3, 0.4) is 0 Å². The molecule has 2 heteroatoms. The van der Waals surface area contributed by atoms with Gasteiger partial charge in [0.2, 0.25) is 0 Å². The molecule has 0 rings (SSSR count). The van der Waals surface area contributed by atoms with E-state index in [9.17, 15) is 4.79 Å². The van der Waals surface area contributed by atoms with Gasteiger partial charge in [-0.1, -0.05) is 27.7 Å². The van der Waals surface area contributed by atoms with Crippen molar-refractivity contribution in [3.8, 4) is 0 Å². The van der Waals surface area contributed by atoms with Crippen LogP contribution in [0.4, 0.5) is 0 Å².